The fourth-order valence-corrected chi connectivity index (χ4v) is 5.54. The van der Waals surface area contributed by atoms with Crippen molar-refractivity contribution >= 4 is 44.6 Å². The Kier molecular flexibility index (Phi) is 6.24. The zero-order chi connectivity index (χ0) is 21.4. The minimum atomic E-state index is -4.83. The second kappa shape index (κ2) is 8.22. The van der Waals surface area contributed by atoms with Crippen molar-refractivity contribution in [2.24, 2.45) is 0 Å². The lowest BCUT2D eigenvalue weighted by molar-refractivity contribution is -0.149. The van der Waals surface area contributed by atoms with Gasteiger partial charge in [0.15, 0.2) is 0 Å². The minimum Gasteiger partial charge on any atom is -0.398 e. The van der Waals surface area contributed by atoms with E-state index in [1.54, 1.807) is 16.9 Å². The molecule has 0 saturated carbocycles. The molecule has 1 aliphatic rings. The Morgan fingerprint density at radius 1 is 1.21 bits per heavy atom. The average Bonchev–Trinajstić information content (AvgIpc) is 2.59. The summed E-state index contributed by atoms with van der Waals surface area (Å²) in [5.74, 6) is 0. The molecule has 1 aliphatic heterocycles. The topological polar surface area (TPSA) is 75.4 Å². The Balaban J connectivity index is 1.92. The SMILES string of the molecule is Nc1cc(Cl)cc(Cl)c1S(=O)(=O)NC(CN1CCCc2ccccc21)C(F)(F)F. The third-order valence-electron chi connectivity index (χ3n) is 4.61. The molecule has 0 aromatic heterocycles. The van der Waals surface area contributed by atoms with Crippen LogP contribution in [0.25, 0.3) is 0 Å². The number of para-hydroxylation sites is 1. The second-order valence-corrected chi connectivity index (χ2v) is 9.19. The highest BCUT2D eigenvalue weighted by molar-refractivity contribution is 7.89. The van der Waals surface area contributed by atoms with Gasteiger partial charge in [-0.1, -0.05) is 41.4 Å². The Morgan fingerprint density at radius 3 is 2.55 bits per heavy atom. The molecule has 3 rings (SSSR count). The number of benzene rings is 2. The highest BCUT2D eigenvalue weighted by Crippen LogP contribution is 2.33. The van der Waals surface area contributed by atoms with E-state index in [4.69, 9.17) is 28.9 Å². The van der Waals surface area contributed by atoms with Gasteiger partial charge in [0, 0.05) is 23.8 Å². The van der Waals surface area contributed by atoms with E-state index in [-0.39, 0.29) is 15.7 Å². The van der Waals surface area contributed by atoms with Crippen LogP contribution in [0.15, 0.2) is 41.3 Å². The number of aryl methyl sites for hydroxylation is 1. The summed E-state index contributed by atoms with van der Waals surface area (Å²) in [5, 5.41) is -0.282. The number of nitrogen functional groups attached to an aromatic ring is 1. The molecule has 11 heteroatoms. The number of nitrogens with one attached hydrogen (secondary N) is 1. The molecule has 0 saturated heterocycles. The Morgan fingerprint density at radius 2 is 1.90 bits per heavy atom. The van der Waals surface area contributed by atoms with E-state index in [0.29, 0.717) is 18.7 Å². The van der Waals surface area contributed by atoms with Gasteiger partial charge in [-0.05, 0) is 36.6 Å². The normalized spacial score (nSPS) is 15.8. The summed E-state index contributed by atoms with van der Waals surface area (Å²) in [7, 11) is -4.66. The summed E-state index contributed by atoms with van der Waals surface area (Å²) >= 11 is 11.7. The van der Waals surface area contributed by atoms with Gasteiger partial charge in [-0.3, -0.25) is 0 Å². The zero-order valence-corrected chi connectivity index (χ0v) is 17.3. The van der Waals surface area contributed by atoms with Gasteiger partial charge >= 0.3 is 6.18 Å². The maximum absolute atomic E-state index is 13.7. The van der Waals surface area contributed by atoms with Crippen molar-refractivity contribution in [3.8, 4) is 0 Å². The average molecular weight is 468 g/mol. The molecule has 3 N–H and O–H groups in total. The number of halogens is 5. The number of rotatable bonds is 5. The van der Waals surface area contributed by atoms with Crippen molar-refractivity contribution in [2.45, 2.75) is 30.0 Å². The number of sulfonamides is 1. The largest absolute Gasteiger partial charge is 0.406 e. The molecule has 0 amide bonds. The van der Waals surface area contributed by atoms with Crippen LogP contribution in [0, 0.1) is 0 Å². The third-order valence-corrected chi connectivity index (χ3v) is 6.82. The van der Waals surface area contributed by atoms with Crippen LogP contribution in [0.2, 0.25) is 10.0 Å². The predicted octanol–water partition coefficient (Wildman–Crippen LogP) is 4.24. The Hall–Kier alpha value is -1.68. The van der Waals surface area contributed by atoms with Gasteiger partial charge in [0.1, 0.15) is 10.9 Å². The molecule has 0 fully saturated rings. The maximum Gasteiger partial charge on any atom is 0.406 e. The molecule has 5 nitrogen and oxygen atoms in total. The number of anilines is 2. The molecule has 0 spiro atoms. The first kappa shape index (κ1) is 22.0. The fourth-order valence-electron chi connectivity index (χ4n) is 3.34. The van der Waals surface area contributed by atoms with E-state index < -0.39 is 33.7 Å². The van der Waals surface area contributed by atoms with E-state index in [1.165, 1.54) is 4.90 Å². The van der Waals surface area contributed by atoms with Crippen LogP contribution in [0.5, 0.6) is 0 Å². The molecule has 158 valence electrons. The van der Waals surface area contributed by atoms with Crippen LogP contribution in [0.3, 0.4) is 0 Å². The first-order valence-corrected chi connectivity index (χ1v) is 10.9. The van der Waals surface area contributed by atoms with Gasteiger partial charge in [-0.2, -0.15) is 17.9 Å². The lowest BCUT2D eigenvalue weighted by atomic mass is 10.0. The van der Waals surface area contributed by atoms with Crippen LogP contribution in [0.4, 0.5) is 24.5 Å². The maximum atomic E-state index is 13.7. The number of hydrogen-bond donors (Lipinski definition) is 2. The van der Waals surface area contributed by atoms with Crippen molar-refractivity contribution in [1.82, 2.24) is 4.72 Å². The molecule has 2 aromatic rings. The summed E-state index contributed by atoms with van der Waals surface area (Å²) in [5.41, 5.74) is 6.91. The monoisotopic (exact) mass is 467 g/mol. The van der Waals surface area contributed by atoms with Gasteiger partial charge in [0.25, 0.3) is 0 Å². The third kappa shape index (κ3) is 4.91. The van der Waals surface area contributed by atoms with Crippen LogP contribution in [-0.4, -0.2) is 33.7 Å². The van der Waals surface area contributed by atoms with E-state index in [2.05, 4.69) is 0 Å². The van der Waals surface area contributed by atoms with Crippen molar-refractivity contribution in [1.29, 1.82) is 0 Å². The zero-order valence-electron chi connectivity index (χ0n) is 15.0. The van der Waals surface area contributed by atoms with Crippen molar-refractivity contribution in [3.63, 3.8) is 0 Å². The number of nitrogens with zero attached hydrogens (tertiary/aromatic N) is 1. The smallest absolute Gasteiger partial charge is 0.398 e. The molecule has 1 heterocycles. The number of hydrogen-bond acceptors (Lipinski definition) is 4. The van der Waals surface area contributed by atoms with Crippen molar-refractivity contribution in [2.75, 3.05) is 23.7 Å². The molecule has 1 unspecified atom stereocenters. The van der Waals surface area contributed by atoms with Gasteiger partial charge in [0.2, 0.25) is 10.0 Å². The van der Waals surface area contributed by atoms with Crippen molar-refractivity contribution in [3.05, 3.63) is 52.0 Å². The number of fused-ring (bicyclic) bond motifs is 1. The summed E-state index contributed by atoms with van der Waals surface area (Å²) in [4.78, 5) is 0.906. The van der Waals surface area contributed by atoms with Crippen LogP contribution >= 0.6 is 23.2 Å². The number of alkyl halides is 3. The standard InChI is InChI=1S/C18H18Cl2F3N3O2S/c19-12-8-13(20)17(14(24)9-12)29(27,28)25-16(18(21,22)23)10-26-7-3-5-11-4-1-2-6-15(11)26/h1-2,4,6,8-9,16,25H,3,5,7,10,24H2. The number of nitrogens with two attached hydrogens (primary N) is 1. The minimum absolute atomic E-state index is 0.0729. The van der Waals surface area contributed by atoms with E-state index >= 15 is 0 Å². The predicted molar refractivity (Wildman–Crippen MR) is 108 cm³/mol. The molecule has 29 heavy (non-hydrogen) atoms. The Bertz CT molecular complexity index is 993. The summed E-state index contributed by atoms with van der Waals surface area (Å²) in [6.45, 7) is -0.194. The van der Waals surface area contributed by atoms with Crippen LogP contribution in [0.1, 0.15) is 12.0 Å². The lowest BCUT2D eigenvalue weighted by Gasteiger charge is -2.35. The van der Waals surface area contributed by atoms with Gasteiger partial charge in [-0.15, -0.1) is 0 Å². The van der Waals surface area contributed by atoms with E-state index in [9.17, 15) is 21.6 Å². The Labute approximate surface area is 176 Å². The molecule has 2 aromatic carbocycles. The quantitative estimate of drug-likeness (QED) is 0.644. The first-order valence-electron chi connectivity index (χ1n) is 8.65. The van der Waals surface area contributed by atoms with Crippen LogP contribution < -0.4 is 15.4 Å². The summed E-state index contributed by atoms with van der Waals surface area (Å²) in [6.07, 6.45) is -3.40. The first-order chi connectivity index (χ1) is 13.5. The molecular formula is C18H18Cl2F3N3O2S. The van der Waals surface area contributed by atoms with Crippen molar-refractivity contribution < 1.29 is 21.6 Å². The van der Waals surface area contributed by atoms with Gasteiger partial charge in [-0.25, -0.2) is 8.42 Å². The second-order valence-electron chi connectivity index (χ2n) is 6.70. The highest BCUT2D eigenvalue weighted by Gasteiger charge is 2.44. The fraction of sp³-hybridized carbons (Fsp3) is 0.333. The molecule has 1 atom stereocenters. The summed E-state index contributed by atoms with van der Waals surface area (Å²) in [6, 6.07) is 7.00. The van der Waals surface area contributed by atoms with Gasteiger partial charge < -0.3 is 10.6 Å². The summed E-state index contributed by atoms with van der Waals surface area (Å²) < 4.78 is 68.3. The molecule has 0 radical (unpaired) electrons. The highest BCUT2D eigenvalue weighted by atomic mass is 35.5. The van der Waals surface area contributed by atoms with Gasteiger partial charge in [0.05, 0.1) is 10.7 Å². The van der Waals surface area contributed by atoms with E-state index in [0.717, 1.165) is 24.1 Å². The molecule has 0 aliphatic carbocycles. The molecular weight excluding hydrogens is 450 g/mol. The van der Waals surface area contributed by atoms with E-state index in [1.807, 2.05) is 12.1 Å². The molecule has 0 bridgehead atoms. The lowest BCUT2D eigenvalue weighted by Crippen LogP contribution is -2.53. The van der Waals surface area contributed by atoms with Crippen LogP contribution in [-0.2, 0) is 16.4 Å².